The molecule has 0 atom stereocenters. The van der Waals surface area contributed by atoms with Gasteiger partial charge in [0.2, 0.25) is 0 Å². The third-order valence-corrected chi connectivity index (χ3v) is 3.02. The van der Waals surface area contributed by atoms with Gasteiger partial charge < -0.3 is 4.90 Å². The van der Waals surface area contributed by atoms with Crippen LogP contribution in [0.3, 0.4) is 0 Å². The Morgan fingerprint density at radius 2 is 1.81 bits per heavy atom. The third-order valence-electron chi connectivity index (χ3n) is 3.02. The number of nitro benzene ring substituents is 1. The van der Waals surface area contributed by atoms with E-state index in [1.807, 2.05) is 6.07 Å². The van der Waals surface area contributed by atoms with Gasteiger partial charge in [-0.1, -0.05) is 12.1 Å². The number of hydrogen-bond acceptors (Lipinski definition) is 4. The van der Waals surface area contributed by atoms with E-state index in [4.69, 9.17) is 5.26 Å². The summed E-state index contributed by atoms with van der Waals surface area (Å²) < 4.78 is 0. The molecule has 0 aliphatic heterocycles. The van der Waals surface area contributed by atoms with Crippen molar-refractivity contribution in [1.29, 1.82) is 5.26 Å². The van der Waals surface area contributed by atoms with E-state index in [-0.39, 0.29) is 11.3 Å². The van der Waals surface area contributed by atoms with Crippen LogP contribution in [0.25, 0.3) is 0 Å². The lowest BCUT2D eigenvalue weighted by Gasteiger charge is -2.17. The molecule has 0 saturated heterocycles. The zero-order chi connectivity index (χ0) is 15.4. The highest BCUT2D eigenvalue weighted by Crippen LogP contribution is 2.22. The first-order chi connectivity index (χ1) is 10.0. The minimum Gasteiger partial charge on any atom is -0.311 e. The lowest BCUT2D eigenvalue weighted by Crippen LogP contribution is -2.26. The molecule has 0 fully saturated rings. The molecular formula is C15H11N3O3. The number of nitro groups is 1. The SMILES string of the molecule is CN(C(=O)c1ccccc1[N+](=O)[O-])c1ccc(C#N)cc1. The molecule has 2 aromatic carbocycles. The molecule has 0 unspecified atom stereocenters. The van der Waals surface area contributed by atoms with Gasteiger partial charge in [-0.25, -0.2) is 0 Å². The summed E-state index contributed by atoms with van der Waals surface area (Å²) in [5, 5.41) is 19.7. The summed E-state index contributed by atoms with van der Waals surface area (Å²) in [6, 6.07) is 14.2. The molecule has 0 aromatic heterocycles. The number of amides is 1. The fourth-order valence-corrected chi connectivity index (χ4v) is 1.87. The maximum Gasteiger partial charge on any atom is 0.282 e. The Labute approximate surface area is 121 Å². The maximum absolute atomic E-state index is 12.4. The maximum atomic E-state index is 12.4. The van der Waals surface area contributed by atoms with E-state index in [2.05, 4.69) is 0 Å². The first-order valence-corrected chi connectivity index (χ1v) is 6.06. The largest absolute Gasteiger partial charge is 0.311 e. The molecule has 2 rings (SSSR count). The summed E-state index contributed by atoms with van der Waals surface area (Å²) in [4.78, 5) is 24.1. The van der Waals surface area contributed by atoms with Gasteiger partial charge in [0.05, 0.1) is 16.6 Å². The molecule has 104 valence electrons. The van der Waals surface area contributed by atoms with Gasteiger partial charge in [-0.05, 0) is 30.3 Å². The number of carbonyl (C=O) groups is 1. The van der Waals surface area contributed by atoms with Gasteiger partial charge in [0.15, 0.2) is 0 Å². The molecule has 6 nitrogen and oxygen atoms in total. The van der Waals surface area contributed by atoms with Crippen LogP contribution in [0.15, 0.2) is 48.5 Å². The number of para-hydroxylation sites is 1. The van der Waals surface area contributed by atoms with Gasteiger partial charge in [0, 0.05) is 18.8 Å². The van der Waals surface area contributed by atoms with Gasteiger partial charge in [-0.3, -0.25) is 14.9 Å². The molecule has 0 radical (unpaired) electrons. The first kappa shape index (κ1) is 14.2. The van der Waals surface area contributed by atoms with E-state index in [1.54, 1.807) is 30.3 Å². The van der Waals surface area contributed by atoms with E-state index in [0.717, 1.165) is 0 Å². The average molecular weight is 281 g/mol. The molecule has 21 heavy (non-hydrogen) atoms. The van der Waals surface area contributed by atoms with Gasteiger partial charge in [-0.2, -0.15) is 5.26 Å². The van der Waals surface area contributed by atoms with Crippen LogP contribution in [0.2, 0.25) is 0 Å². The second-order valence-electron chi connectivity index (χ2n) is 4.30. The van der Waals surface area contributed by atoms with E-state index in [9.17, 15) is 14.9 Å². The Morgan fingerprint density at radius 3 is 2.38 bits per heavy atom. The highest BCUT2D eigenvalue weighted by Gasteiger charge is 2.22. The lowest BCUT2D eigenvalue weighted by molar-refractivity contribution is -0.385. The topological polar surface area (TPSA) is 87.2 Å². The predicted octanol–water partition coefficient (Wildman–Crippen LogP) is 2.74. The summed E-state index contributed by atoms with van der Waals surface area (Å²) in [5.74, 6) is -0.480. The summed E-state index contributed by atoms with van der Waals surface area (Å²) in [7, 11) is 1.53. The van der Waals surface area contributed by atoms with Crippen molar-refractivity contribution in [2.45, 2.75) is 0 Å². The number of nitriles is 1. The van der Waals surface area contributed by atoms with E-state index in [0.29, 0.717) is 11.3 Å². The molecule has 0 bridgehead atoms. The number of anilines is 1. The van der Waals surface area contributed by atoms with Crippen molar-refractivity contribution in [2.75, 3.05) is 11.9 Å². The Bertz CT molecular complexity index is 733. The zero-order valence-electron chi connectivity index (χ0n) is 11.2. The van der Waals surface area contributed by atoms with Crippen LogP contribution in [0.4, 0.5) is 11.4 Å². The van der Waals surface area contributed by atoms with E-state index < -0.39 is 10.8 Å². The van der Waals surface area contributed by atoms with Crippen molar-refractivity contribution < 1.29 is 9.72 Å². The van der Waals surface area contributed by atoms with Gasteiger partial charge >= 0.3 is 0 Å². The summed E-state index contributed by atoms with van der Waals surface area (Å²) in [6.07, 6.45) is 0. The normalized spacial score (nSPS) is 9.71. The number of rotatable bonds is 3. The fraction of sp³-hybridized carbons (Fsp3) is 0.0667. The van der Waals surface area contributed by atoms with Crippen molar-refractivity contribution in [2.24, 2.45) is 0 Å². The standard InChI is InChI=1S/C15H11N3O3/c1-17(12-8-6-11(10-16)7-9-12)15(19)13-4-2-3-5-14(13)18(20)21/h2-9H,1H3. The van der Waals surface area contributed by atoms with Gasteiger partial charge in [0.1, 0.15) is 5.56 Å². The molecule has 0 heterocycles. The Morgan fingerprint density at radius 1 is 1.19 bits per heavy atom. The summed E-state index contributed by atoms with van der Waals surface area (Å²) in [6.45, 7) is 0. The van der Waals surface area contributed by atoms with Crippen molar-refractivity contribution in [3.8, 4) is 6.07 Å². The van der Waals surface area contributed by atoms with E-state index >= 15 is 0 Å². The zero-order valence-corrected chi connectivity index (χ0v) is 11.2. The first-order valence-electron chi connectivity index (χ1n) is 6.06. The summed E-state index contributed by atoms with van der Waals surface area (Å²) >= 11 is 0. The molecule has 6 heteroatoms. The van der Waals surface area contributed by atoms with Gasteiger partial charge in [-0.15, -0.1) is 0 Å². The quantitative estimate of drug-likeness (QED) is 0.639. The van der Waals surface area contributed by atoms with Crippen molar-refractivity contribution in [3.05, 3.63) is 69.8 Å². The van der Waals surface area contributed by atoms with Crippen molar-refractivity contribution in [1.82, 2.24) is 0 Å². The Balaban J connectivity index is 2.35. The molecule has 0 N–H and O–H groups in total. The Hall–Kier alpha value is -3.20. The molecule has 0 aliphatic carbocycles. The smallest absolute Gasteiger partial charge is 0.282 e. The highest BCUT2D eigenvalue weighted by atomic mass is 16.6. The molecule has 0 aliphatic rings. The number of benzene rings is 2. The predicted molar refractivity (Wildman–Crippen MR) is 77.0 cm³/mol. The lowest BCUT2D eigenvalue weighted by atomic mass is 10.1. The Kier molecular flexibility index (Phi) is 3.95. The number of carbonyl (C=O) groups excluding carboxylic acids is 1. The van der Waals surface area contributed by atoms with Crippen LogP contribution in [0.5, 0.6) is 0 Å². The van der Waals surface area contributed by atoms with Crippen LogP contribution >= 0.6 is 0 Å². The minimum atomic E-state index is -0.583. The third kappa shape index (κ3) is 2.87. The van der Waals surface area contributed by atoms with Crippen molar-refractivity contribution in [3.63, 3.8) is 0 Å². The fourth-order valence-electron chi connectivity index (χ4n) is 1.87. The van der Waals surface area contributed by atoms with Gasteiger partial charge in [0.25, 0.3) is 11.6 Å². The minimum absolute atomic E-state index is 0.0226. The molecule has 1 amide bonds. The average Bonchev–Trinajstić information content (AvgIpc) is 2.53. The highest BCUT2D eigenvalue weighted by molar-refractivity contribution is 6.08. The van der Waals surface area contributed by atoms with E-state index in [1.165, 1.54) is 30.1 Å². The molecule has 0 saturated carbocycles. The van der Waals surface area contributed by atoms with Crippen LogP contribution in [-0.4, -0.2) is 17.9 Å². The number of nitrogens with zero attached hydrogens (tertiary/aromatic N) is 3. The van der Waals surface area contributed by atoms with Crippen LogP contribution in [0.1, 0.15) is 15.9 Å². The molecule has 2 aromatic rings. The second kappa shape index (κ2) is 5.84. The van der Waals surface area contributed by atoms with Crippen LogP contribution in [0, 0.1) is 21.4 Å². The number of hydrogen-bond donors (Lipinski definition) is 0. The second-order valence-corrected chi connectivity index (χ2v) is 4.30. The van der Waals surface area contributed by atoms with Crippen LogP contribution in [-0.2, 0) is 0 Å². The molecule has 0 spiro atoms. The molecular weight excluding hydrogens is 270 g/mol. The van der Waals surface area contributed by atoms with Crippen molar-refractivity contribution >= 4 is 17.3 Å². The monoisotopic (exact) mass is 281 g/mol. The summed E-state index contributed by atoms with van der Waals surface area (Å²) in [5.41, 5.74) is 0.819. The van der Waals surface area contributed by atoms with Crippen LogP contribution < -0.4 is 4.90 Å².